The highest BCUT2D eigenvalue weighted by Crippen LogP contribution is 2.45. The van der Waals surface area contributed by atoms with Gasteiger partial charge in [-0.3, -0.25) is 0 Å². The Morgan fingerprint density at radius 2 is 1.48 bits per heavy atom. The summed E-state index contributed by atoms with van der Waals surface area (Å²) < 4.78 is 21.8. The van der Waals surface area contributed by atoms with Crippen molar-refractivity contribution >= 4 is 23.5 Å². The van der Waals surface area contributed by atoms with Crippen molar-refractivity contribution in [3.8, 4) is 11.5 Å². The molecule has 1 N–H and O–H groups in total. The van der Waals surface area contributed by atoms with Crippen molar-refractivity contribution in [2.45, 2.75) is 26.4 Å². The average Bonchev–Trinajstić information content (AvgIpc) is 2.82. The van der Waals surface area contributed by atoms with Crippen LogP contribution in [-0.2, 0) is 25.7 Å². The number of methoxy groups -OCH3 is 3. The Balaban J connectivity index is 2.17. The Morgan fingerprint density at radius 3 is 2.00 bits per heavy atom. The van der Waals surface area contributed by atoms with Crippen LogP contribution < -0.4 is 14.8 Å². The number of dihydropyridines is 1. The number of esters is 2. The fourth-order valence-electron chi connectivity index (χ4n) is 3.88. The Hall–Kier alpha value is -3.45. The minimum absolute atomic E-state index is 0.224. The number of hydrogen-bond donors (Lipinski definition) is 1. The van der Waals surface area contributed by atoms with Crippen molar-refractivity contribution in [2.24, 2.45) is 0 Å². The van der Waals surface area contributed by atoms with Crippen LogP contribution in [0.15, 0.2) is 65.0 Å². The molecule has 1 aliphatic rings. The number of para-hydroxylation sites is 1. The van der Waals surface area contributed by atoms with Gasteiger partial charge in [-0.05, 0) is 37.6 Å². The van der Waals surface area contributed by atoms with Gasteiger partial charge in [0, 0.05) is 22.0 Å². The third kappa shape index (κ3) is 4.98. The molecule has 3 rings (SSSR count). The van der Waals surface area contributed by atoms with Crippen LogP contribution in [0.2, 0.25) is 5.02 Å². The van der Waals surface area contributed by atoms with Gasteiger partial charge in [-0.15, -0.1) is 0 Å². The van der Waals surface area contributed by atoms with Crippen LogP contribution in [0.1, 0.15) is 30.9 Å². The zero-order valence-electron chi connectivity index (χ0n) is 19.2. The summed E-state index contributed by atoms with van der Waals surface area (Å²) in [5.41, 5.74) is 3.18. The first-order valence-electron chi connectivity index (χ1n) is 10.2. The molecule has 7 nitrogen and oxygen atoms in total. The van der Waals surface area contributed by atoms with Gasteiger partial charge in [0.05, 0.1) is 38.4 Å². The van der Waals surface area contributed by atoms with Gasteiger partial charge in [0.2, 0.25) is 0 Å². The molecule has 0 unspecified atom stereocenters. The molecular formula is C25H26ClNO6. The number of benzene rings is 2. The largest absolute Gasteiger partial charge is 0.493 e. The van der Waals surface area contributed by atoms with Crippen LogP contribution in [-0.4, -0.2) is 33.3 Å². The minimum Gasteiger partial charge on any atom is -0.493 e. The summed E-state index contributed by atoms with van der Waals surface area (Å²) in [6.07, 6.45) is 0. The van der Waals surface area contributed by atoms with E-state index in [0.717, 1.165) is 5.56 Å². The first-order chi connectivity index (χ1) is 15.8. The van der Waals surface area contributed by atoms with E-state index in [-0.39, 0.29) is 17.8 Å². The van der Waals surface area contributed by atoms with Gasteiger partial charge in [0.15, 0.2) is 11.5 Å². The van der Waals surface area contributed by atoms with Gasteiger partial charge < -0.3 is 24.3 Å². The van der Waals surface area contributed by atoms with E-state index in [1.807, 2.05) is 12.1 Å². The summed E-state index contributed by atoms with van der Waals surface area (Å²) in [6.45, 7) is 3.73. The van der Waals surface area contributed by atoms with E-state index in [1.165, 1.54) is 21.3 Å². The summed E-state index contributed by atoms with van der Waals surface area (Å²) in [5, 5.41) is 3.72. The lowest BCUT2D eigenvalue weighted by Gasteiger charge is -2.31. The SMILES string of the molecule is COC(=O)C1=C(C)NC(C)=C(C(=O)OC)C1c1cccc(OC)c1OCc1ccc(Cl)cc1. The van der Waals surface area contributed by atoms with Gasteiger partial charge in [0.25, 0.3) is 0 Å². The predicted molar refractivity (Wildman–Crippen MR) is 124 cm³/mol. The molecule has 174 valence electrons. The van der Waals surface area contributed by atoms with Crippen LogP contribution in [0.3, 0.4) is 0 Å². The number of halogens is 1. The maximum Gasteiger partial charge on any atom is 0.336 e. The second-order valence-electron chi connectivity index (χ2n) is 7.41. The van der Waals surface area contributed by atoms with Crippen molar-refractivity contribution < 1.29 is 28.5 Å². The van der Waals surface area contributed by atoms with Crippen molar-refractivity contribution in [3.05, 3.63) is 81.2 Å². The van der Waals surface area contributed by atoms with Crippen molar-refractivity contribution in [2.75, 3.05) is 21.3 Å². The van der Waals surface area contributed by atoms with Crippen molar-refractivity contribution in [3.63, 3.8) is 0 Å². The third-order valence-corrected chi connectivity index (χ3v) is 5.66. The zero-order chi connectivity index (χ0) is 24.1. The molecule has 0 fully saturated rings. The third-order valence-electron chi connectivity index (χ3n) is 5.41. The molecule has 2 aromatic carbocycles. The number of carbonyl (C=O) groups is 2. The lowest BCUT2D eigenvalue weighted by molar-refractivity contribution is -0.137. The number of rotatable bonds is 7. The smallest absolute Gasteiger partial charge is 0.336 e. The highest BCUT2D eigenvalue weighted by atomic mass is 35.5. The highest BCUT2D eigenvalue weighted by molar-refractivity contribution is 6.30. The average molecular weight is 472 g/mol. The molecule has 1 aliphatic heterocycles. The van der Waals surface area contributed by atoms with E-state index in [4.69, 9.17) is 30.5 Å². The number of allylic oxidation sites excluding steroid dienone is 2. The molecule has 0 atom stereocenters. The van der Waals surface area contributed by atoms with E-state index in [0.29, 0.717) is 33.5 Å². The quantitative estimate of drug-likeness (QED) is 0.595. The molecule has 0 saturated heterocycles. The van der Waals surface area contributed by atoms with Crippen LogP contribution in [0.25, 0.3) is 0 Å². The predicted octanol–water partition coefficient (Wildman–Crippen LogP) is 4.51. The topological polar surface area (TPSA) is 83.1 Å². The maximum atomic E-state index is 12.8. The fourth-order valence-corrected chi connectivity index (χ4v) is 4.00. The molecule has 0 aromatic heterocycles. The first kappa shape index (κ1) is 24.2. The molecule has 0 saturated carbocycles. The zero-order valence-corrected chi connectivity index (χ0v) is 19.9. The molecule has 0 aliphatic carbocycles. The maximum absolute atomic E-state index is 12.8. The lowest BCUT2D eigenvalue weighted by Crippen LogP contribution is -2.32. The summed E-state index contributed by atoms with van der Waals surface area (Å²) >= 11 is 5.98. The van der Waals surface area contributed by atoms with Crippen LogP contribution in [0, 0.1) is 0 Å². The standard InChI is InChI=1S/C25H26ClNO6/c1-14-20(24(28)31-4)22(21(15(2)27-14)25(29)32-5)18-7-6-8-19(30-3)23(18)33-13-16-9-11-17(26)12-10-16/h6-12,22,27H,13H2,1-5H3. The summed E-state index contributed by atoms with van der Waals surface area (Å²) in [4.78, 5) is 25.6. The molecule has 1 heterocycles. The molecule has 0 radical (unpaired) electrons. The van der Waals surface area contributed by atoms with Crippen LogP contribution >= 0.6 is 11.6 Å². The van der Waals surface area contributed by atoms with Crippen LogP contribution in [0.4, 0.5) is 0 Å². The highest BCUT2D eigenvalue weighted by Gasteiger charge is 2.39. The summed E-state index contributed by atoms with van der Waals surface area (Å²) in [5.74, 6) is -1.05. The Bertz CT molecular complexity index is 1080. The number of ether oxygens (including phenoxy) is 4. The second kappa shape index (κ2) is 10.4. The molecule has 8 heteroatoms. The number of nitrogens with one attached hydrogen (secondary N) is 1. The Labute approximate surface area is 197 Å². The summed E-state index contributed by atoms with van der Waals surface area (Å²) in [6, 6.07) is 12.6. The minimum atomic E-state index is -0.790. The molecule has 2 aromatic rings. The van der Waals surface area contributed by atoms with Gasteiger partial charge in [0.1, 0.15) is 6.61 Å². The molecular weight excluding hydrogens is 446 g/mol. The van der Waals surface area contributed by atoms with Gasteiger partial charge in [-0.1, -0.05) is 35.9 Å². The molecule has 0 spiro atoms. The van der Waals surface area contributed by atoms with Gasteiger partial charge in [-0.25, -0.2) is 9.59 Å². The first-order valence-corrected chi connectivity index (χ1v) is 10.6. The Morgan fingerprint density at radius 1 is 0.909 bits per heavy atom. The Kier molecular flexibility index (Phi) is 7.66. The van der Waals surface area contributed by atoms with Gasteiger partial charge >= 0.3 is 11.9 Å². The second-order valence-corrected chi connectivity index (χ2v) is 7.85. The number of hydrogen-bond acceptors (Lipinski definition) is 7. The van der Waals surface area contributed by atoms with E-state index < -0.39 is 17.9 Å². The molecule has 0 amide bonds. The van der Waals surface area contributed by atoms with Crippen LogP contribution in [0.5, 0.6) is 11.5 Å². The molecule has 33 heavy (non-hydrogen) atoms. The van der Waals surface area contributed by atoms with E-state index in [1.54, 1.807) is 44.2 Å². The fraction of sp³-hybridized carbons (Fsp3) is 0.280. The van der Waals surface area contributed by atoms with E-state index >= 15 is 0 Å². The van der Waals surface area contributed by atoms with E-state index in [2.05, 4.69) is 5.32 Å². The molecule has 0 bridgehead atoms. The lowest BCUT2D eigenvalue weighted by atomic mass is 9.80. The van der Waals surface area contributed by atoms with Crippen molar-refractivity contribution in [1.82, 2.24) is 5.32 Å². The normalized spacial score (nSPS) is 14.0. The number of carbonyl (C=O) groups excluding carboxylic acids is 2. The van der Waals surface area contributed by atoms with E-state index in [9.17, 15) is 9.59 Å². The van der Waals surface area contributed by atoms with Crippen molar-refractivity contribution in [1.29, 1.82) is 0 Å². The summed E-state index contributed by atoms with van der Waals surface area (Å²) in [7, 11) is 4.12. The monoisotopic (exact) mass is 471 g/mol. The van der Waals surface area contributed by atoms with Gasteiger partial charge in [-0.2, -0.15) is 0 Å².